The van der Waals surface area contributed by atoms with Gasteiger partial charge in [-0.25, -0.2) is 9.37 Å². The normalized spacial score (nSPS) is 12.3. The second-order valence-electron chi connectivity index (χ2n) is 6.35. The summed E-state index contributed by atoms with van der Waals surface area (Å²) in [5.41, 5.74) is 0.983. The fourth-order valence-corrected chi connectivity index (χ4v) is 3.82. The Morgan fingerprint density at radius 1 is 1.19 bits per heavy atom. The molecule has 0 amide bonds. The molecule has 0 saturated carbocycles. The lowest BCUT2D eigenvalue weighted by Crippen LogP contribution is -2.25. The molecule has 1 aromatic heterocycles. The van der Waals surface area contributed by atoms with E-state index < -0.39 is 5.25 Å². The molecule has 4 nitrogen and oxygen atoms in total. The summed E-state index contributed by atoms with van der Waals surface area (Å²) in [5, 5.41) is 0.668. The molecule has 0 N–H and O–H groups in total. The van der Waals surface area contributed by atoms with Gasteiger partial charge in [-0.3, -0.25) is 14.2 Å². The van der Waals surface area contributed by atoms with Crippen molar-refractivity contribution in [3.05, 3.63) is 70.3 Å². The van der Waals surface area contributed by atoms with Crippen LogP contribution in [-0.4, -0.2) is 20.6 Å². The number of hydrogen-bond acceptors (Lipinski definition) is 4. The van der Waals surface area contributed by atoms with Crippen molar-refractivity contribution in [2.45, 2.75) is 43.6 Å². The highest BCUT2D eigenvalue weighted by molar-refractivity contribution is 8.00. The number of halogens is 1. The van der Waals surface area contributed by atoms with Crippen LogP contribution in [0.1, 0.15) is 37.0 Å². The van der Waals surface area contributed by atoms with Crippen LogP contribution < -0.4 is 5.56 Å². The lowest BCUT2D eigenvalue weighted by molar-refractivity contribution is 0.0993. The number of ketones is 1. The Morgan fingerprint density at radius 3 is 2.59 bits per heavy atom. The molecule has 27 heavy (non-hydrogen) atoms. The molecular weight excluding hydrogens is 363 g/mol. The molecule has 0 aliphatic rings. The molecule has 0 fully saturated rings. The smallest absolute Gasteiger partial charge is 0.262 e. The van der Waals surface area contributed by atoms with Crippen LogP contribution >= 0.6 is 11.8 Å². The van der Waals surface area contributed by atoms with E-state index in [1.165, 1.54) is 36.0 Å². The molecule has 0 saturated heterocycles. The molecule has 0 bridgehead atoms. The maximum absolute atomic E-state index is 13.1. The van der Waals surface area contributed by atoms with Crippen LogP contribution in [0.4, 0.5) is 4.39 Å². The van der Waals surface area contributed by atoms with Crippen molar-refractivity contribution >= 4 is 28.4 Å². The van der Waals surface area contributed by atoms with E-state index in [-0.39, 0.29) is 17.2 Å². The van der Waals surface area contributed by atoms with Crippen molar-refractivity contribution in [3.63, 3.8) is 0 Å². The maximum Gasteiger partial charge on any atom is 0.262 e. The van der Waals surface area contributed by atoms with E-state index in [1.807, 2.05) is 12.1 Å². The largest absolute Gasteiger partial charge is 0.293 e. The third-order valence-corrected chi connectivity index (χ3v) is 5.43. The molecule has 2 aromatic carbocycles. The van der Waals surface area contributed by atoms with Gasteiger partial charge in [0.1, 0.15) is 5.82 Å². The molecular formula is C21H21FN2O2S. The SMILES string of the molecule is CCCCn1c(SC(C)C(=O)c2ccc(F)cc2)nc2ccccc2c1=O. The lowest BCUT2D eigenvalue weighted by Gasteiger charge is -2.15. The Balaban J connectivity index is 1.95. The van der Waals surface area contributed by atoms with Gasteiger partial charge in [0.15, 0.2) is 10.9 Å². The van der Waals surface area contributed by atoms with Crippen molar-refractivity contribution in [1.29, 1.82) is 0 Å². The highest BCUT2D eigenvalue weighted by atomic mass is 32.2. The number of rotatable bonds is 7. The number of benzene rings is 2. The van der Waals surface area contributed by atoms with E-state index in [4.69, 9.17) is 0 Å². The molecule has 3 rings (SSSR count). The zero-order valence-electron chi connectivity index (χ0n) is 15.3. The summed E-state index contributed by atoms with van der Waals surface area (Å²) < 4.78 is 14.8. The van der Waals surface area contributed by atoms with Gasteiger partial charge in [0, 0.05) is 12.1 Å². The summed E-state index contributed by atoms with van der Waals surface area (Å²) in [4.78, 5) is 30.2. The Morgan fingerprint density at radius 2 is 1.89 bits per heavy atom. The van der Waals surface area contributed by atoms with Gasteiger partial charge < -0.3 is 0 Å². The van der Waals surface area contributed by atoms with Gasteiger partial charge in [-0.15, -0.1) is 0 Å². The van der Waals surface area contributed by atoms with Crippen molar-refractivity contribution in [2.24, 2.45) is 0 Å². The van der Waals surface area contributed by atoms with Gasteiger partial charge >= 0.3 is 0 Å². The molecule has 0 aliphatic carbocycles. The summed E-state index contributed by atoms with van der Waals surface area (Å²) in [6.45, 7) is 4.40. The van der Waals surface area contributed by atoms with E-state index in [0.717, 1.165) is 12.8 Å². The highest BCUT2D eigenvalue weighted by Gasteiger charge is 2.20. The minimum atomic E-state index is -0.448. The first-order valence-corrected chi connectivity index (χ1v) is 9.85. The summed E-state index contributed by atoms with van der Waals surface area (Å²) in [7, 11) is 0. The van der Waals surface area contributed by atoms with Gasteiger partial charge in [0.05, 0.1) is 16.2 Å². The fourth-order valence-electron chi connectivity index (χ4n) is 2.81. The first-order valence-electron chi connectivity index (χ1n) is 8.97. The minimum absolute atomic E-state index is 0.0852. The van der Waals surface area contributed by atoms with E-state index in [1.54, 1.807) is 23.6 Å². The van der Waals surface area contributed by atoms with Gasteiger partial charge in [0.2, 0.25) is 0 Å². The van der Waals surface area contributed by atoms with Crippen LogP contribution in [0.5, 0.6) is 0 Å². The molecule has 140 valence electrons. The standard InChI is InChI=1S/C21H21FN2O2S/c1-3-4-13-24-20(26)17-7-5-6-8-18(17)23-21(24)27-14(2)19(25)15-9-11-16(22)12-10-15/h5-12,14H,3-4,13H2,1-2H3. The first kappa shape index (κ1) is 19.3. The topological polar surface area (TPSA) is 52.0 Å². The number of aromatic nitrogens is 2. The van der Waals surface area contributed by atoms with E-state index in [0.29, 0.717) is 28.2 Å². The van der Waals surface area contributed by atoms with Gasteiger partial charge in [-0.05, 0) is 49.7 Å². The second kappa shape index (κ2) is 8.48. The average Bonchev–Trinajstić information content (AvgIpc) is 2.68. The Labute approximate surface area is 161 Å². The Kier molecular flexibility index (Phi) is 6.06. The quantitative estimate of drug-likeness (QED) is 0.337. The van der Waals surface area contributed by atoms with Crippen molar-refractivity contribution in [2.75, 3.05) is 0 Å². The van der Waals surface area contributed by atoms with Crippen LogP contribution in [0, 0.1) is 5.82 Å². The number of fused-ring (bicyclic) bond motifs is 1. The number of carbonyl (C=O) groups excluding carboxylic acids is 1. The van der Waals surface area contributed by atoms with Crippen LogP contribution in [0.15, 0.2) is 58.5 Å². The number of Topliss-reactive ketones (excluding diaryl/α,β-unsaturated/α-hetero) is 1. The van der Waals surface area contributed by atoms with Crippen LogP contribution in [0.25, 0.3) is 10.9 Å². The van der Waals surface area contributed by atoms with Gasteiger partial charge in [0.25, 0.3) is 5.56 Å². The number of thioether (sulfide) groups is 1. The van der Waals surface area contributed by atoms with Crippen molar-refractivity contribution in [1.82, 2.24) is 9.55 Å². The van der Waals surface area contributed by atoms with Gasteiger partial charge in [-0.1, -0.05) is 37.2 Å². The number of para-hydroxylation sites is 1. The number of hydrogen-bond donors (Lipinski definition) is 0. The molecule has 0 radical (unpaired) electrons. The third kappa shape index (κ3) is 4.27. The third-order valence-electron chi connectivity index (χ3n) is 4.34. The summed E-state index contributed by atoms with van der Waals surface area (Å²) in [6.07, 6.45) is 1.81. The number of nitrogens with zero attached hydrogens (tertiary/aromatic N) is 2. The fraction of sp³-hybridized carbons (Fsp3) is 0.286. The predicted octanol–water partition coefficient (Wildman–Crippen LogP) is 4.70. The monoisotopic (exact) mass is 384 g/mol. The van der Waals surface area contributed by atoms with Crippen LogP contribution in [0.2, 0.25) is 0 Å². The van der Waals surface area contributed by atoms with E-state index in [2.05, 4.69) is 11.9 Å². The lowest BCUT2D eigenvalue weighted by atomic mass is 10.1. The van der Waals surface area contributed by atoms with Gasteiger partial charge in [-0.2, -0.15) is 0 Å². The van der Waals surface area contributed by atoms with E-state index in [9.17, 15) is 14.0 Å². The molecule has 0 aliphatic heterocycles. The van der Waals surface area contributed by atoms with Crippen molar-refractivity contribution in [3.8, 4) is 0 Å². The Bertz CT molecular complexity index is 1010. The highest BCUT2D eigenvalue weighted by Crippen LogP contribution is 2.25. The Hall–Kier alpha value is -2.47. The zero-order valence-corrected chi connectivity index (χ0v) is 16.1. The number of unbranched alkanes of at least 4 members (excludes halogenated alkanes) is 1. The second-order valence-corrected chi connectivity index (χ2v) is 7.66. The first-order chi connectivity index (χ1) is 13.0. The maximum atomic E-state index is 13.1. The molecule has 1 atom stereocenters. The average molecular weight is 384 g/mol. The van der Waals surface area contributed by atoms with E-state index >= 15 is 0 Å². The zero-order chi connectivity index (χ0) is 19.4. The molecule has 6 heteroatoms. The number of carbonyl (C=O) groups is 1. The van der Waals surface area contributed by atoms with Crippen molar-refractivity contribution < 1.29 is 9.18 Å². The van der Waals surface area contributed by atoms with Crippen LogP contribution in [0.3, 0.4) is 0 Å². The molecule has 1 unspecified atom stereocenters. The summed E-state index contributed by atoms with van der Waals surface area (Å²) in [5.74, 6) is -0.499. The molecule has 0 spiro atoms. The molecule has 3 aromatic rings. The summed E-state index contributed by atoms with van der Waals surface area (Å²) in [6, 6.07) is 12.7. The van der Waals surface area contributed by atoms with Crippen LogP contribution in [-0.2, 0) is 6.54 Å². The molecule has 1 heterocycles. The minimum Gasteiger partial charge on any atom is -0.293 e. The summed E-state index contributed by atoms with van der Waals surface area (Å²) >= 11 is 1.27. The predicted molar refractivity (Wildman–Crippen MR) is 107 cm³/mol.